The maximum absolute atomic E-state index is 12.5. The average Bonchev–Trinajstić information content (AvgIpc) is 2.70. The number of hydrogen-bond acceptors (Lipinski definition) is 4. The molecule has 2 amide bonds. The molecule has 6 heteroatoms. The summed E-state index contributed by atoms with van der Waals surface area (Å²) in [6.45, 7) is 3.92. The average molecular weight is 381 g/mol. The molecule has 148 valence electrons. The zero-order chi connectivity index (χ0) is 19.9. The van der Waals surface area contributed by atoms with Crippen LogP contribution in [0.15, 0.2) is 42.7 Å². The van der Waals surface area contributed by atoms with Crippen LogP contribution in [0.25, 0.3) is 0 Å². The lowest BCUT2D eigenvalue weighted by atomic mass is 9.95. The van der Waals surface area contributed by atoms with E-state index in [1.165, 1.54) is 18.8 Å². The summed E-state index contributed by atoms with van der Waals surface area (Å²) in [6.07, 6.45) is 8.59. The van der Waals surface area contributed by atoms with E-state index < -0.39 is 0 Å². The number of carbonyl (C=O) groups is 2. The zero-order valence-electron chi connectivity index (χ0n) is 16.4. The molecule has 1 aromatic heterocycles. The minimum Gasteiger partial charge on any atom is -0.491 e. The Balaban J connectivity index is 1.62. The molecule has 28 heavy (non-hydrogen) atoms. The molecule has 2 aromatic rings. The molecule has 1 saturated carbocycles. The number of pyridine rings is 1. The lowest BCUT2D eigenvalue weighted by molar-refractivity contribution is 0.0927. The van der Waals surface area contributed by atoms with E-state index in [2.05, 4.69) is 15.6 Å². The van der Waals surface area contributed by atoms with Gasteiger partial charge in [-0.2, -0.15) is 0 Å². The number of nitrogens with one attached hydrogen (secondary N) is 2. The van der Waals surface area contributed by atoms with E-state index in [0.717, 1.165) is 31.4 Å². The van der Waals surface area contributed by atoms with Crippen LogP contribution in [0, 0.1) is 0 Å². The van der Waals surface area contributed by atoms with Gasteiger partial charge in [0.1, 0.15) is 5.75 Å². The zero-order valence-corrected chi connectivity index (χ0v) is 16.4. The Morgan fingerprint density at radius 2 is 1.64 bits per heavy atom. The largest absolute Gasteiger partial charge is 0.491 e. The first-order valence-electron chi connectivity index (χ1n) is 9.85. The third kappa shape index (κ3) is 5.55. The van der Waals surface area contributed by atoms with Crippen molar-refractivity contribution in [2.45, 2.75) is 58.1 Å². The normalized spacial score (nSPS) is 14.5. The number of ether oxygens (including phenoxy) is 1. The molecule has 0 radical (unpaired) electrons. The molecule has 1 aliphatic rings. The number of nitrogens with zero attached hydrogens (tertiary/aromatic N) is 1. The summed E-state index contributed by atoms with van der Waals surface area (Å²) in [6, 6.07) is 8.97. The van der Waals surface area contributed by atoms with Gasteiger partial charge in [0, 0.05) is 24.1 Å². The van der Waals surface area contributed by atoms with Crippen molar-refractivity contribution in [3.63, 3.8) is 0 Å². The van der Waals surface area contributed by atoms with E-state index in [0.29, 0.717) is 16.8 Å². The number of benzene rings is 1. The molecule has 0 aliphatic heterocycles. The first-order valence-corrected chi connectivity index (χ1v) is 9.85. The highest BCUT2D eigenvalue weighted by atomic mass is 16.5. The fourth-order valence-electron chi connectivity index (χ4n) is 3.30. The lowest BCUT2D eigenvalue weighted by Crippen LogP contribution is -2.36. The highest BCUT2D eigenvalue weighted by Crippen LogP contribution is 2.19. The Bertz CT molecular complexity index is 812. The van der Waals surface area contributed by atoms with Gasteiger partial charge in [0.25, 0.3) is 11.8 Å². The van der Waals surface area contributed by atoms with Crippen LogP contribution in [0.3, 0.4) is 0 Å². The Labute approximate surface area is 165 Å². The number of anilines is 1. The number of aromatic nitrogens is 1. The molecule has 0 unspecified atom stereocenters. The van der Waals surface area contributed by atoms with Gasteiger partial charge in [0.05, 0.1) is 17.2 Å². The highest BCUT2D eigenvalue weighted by molar-refractivity contribution is 6.05. The van der Waals surface area contributed by atoms with Crippen LogP contribution in [-0.2, 0) is 0 Å². The van der Waals surface area contributed by atoms with Gasteiger partial charge in [0.2, 0.25) is 0 Å². The maximum atomic E-state index is 12.5. The third-order valence-electron chi connectivity index (χ3n) is 4.69. The molecule has 1 fully saturated rings. The van der Waals surface area contributed by atoms with Crippen molar-refractivity contribution in [2.24, 2.45) is 0 Å². The molecule has 1 aliphatic carbocycles. The second-order valence-electron chi connectivity index (χ2n) is 7.42. The predicted octanol–water partition coefficient (Wildman–Crippen LogP) is 4.18. The fraction of sp³-hybridized carbons (Fsp3) is 0.409. The van der Waals surface area contributed by atoms with Crippen molar-refractivity contribution >= 4 is 17.5 Å². The van der Waals surface area contributed by atoms with Gasteiger partial charge >= 0.3 is 0 Å². The van der Waals surface area contributed by atoms with Crippen LogP contribution in [0.4, 0.5) is 5.69 Å². The molecule has 1 heterocycles. The first-order chi connectivity index (χ1) is 13.5. The molecule has 1 aromatic carbocycles. The molecule has 0 atom stereocenters. The molecule has 3 rings (SSSR count). The summed E-state index contributed by atoms with van der Waals surface area (Å²) in [7, 11) is 0. The standard InChI is InChI=1S/C22H27N3O3/c1-15(2)28-20-10-8-19(9-11-20)25-22(27)17-12-16(13-23-14-17)21(26)24-18-6-4-3-5-7-18/h8-15,18H,3-7H2,1-2H3,(H,24,26)(H,25,27). The summed E-state index contributed by atoms with van der Waals surface area (Å²) >= 11 is 0. The van der Waals surface area contributed by atoms with E-state index in [1.54, 1.807) is 18.2 Å². The van der Waals surface area contributed by atoms with Crippen molar-refractivity contribution in [1.29, 1.82) is 0 Å². The van der Waals surface area contributed by atoms with Gasteiger partial charge in [0.15, 0.2) is 0 Å². The van der Waals surface area contributed by atoms with Gasteiger partial charge in [-0.15, -0.1) is 0 Å². The highest BCUT2D eigenvalue weighted by Gasteiger charge is 2.18. The number of rotatable bonds is 6. The smallest absolute Gasteiger partial charge is 0.257 e. The van der Waals surface area contributed by atoms with Crippen LogP contribution in [0.2, 0.25) is 0 Å². The Hall–Kier alpha value is -2.89. The number of amides is 2. The van der Waals surface area contributed by atoms with Crippen molar-refractivity contribution < 1.29 is 14.3 Å². The molecule has 6 nitrogen and oxygen atoms in total. The SMILES string of the molecule is CC(C)Oc1ccc(NC(=O)c2cncc(C(=O)NC3CCCCC3)c2)cc1. The Kier molecular flexibility index (Phi) is 6.63. The Morgan fingerprint density at radius 1 is 1.00 bits per heavy atom. The number of carbonyl (C=O) groups excluding carboxylic acids is 2. The van der Waals surface area contributed by atoms with Gasteiger partial charge in [-0.3, -0.25) is 14.6 Å². The van der Waals surface area contributed by atoms with E-state index >= 15 is 0 Å². The van der Waals surface area contributed by atoms with Gasteiger partial charge in [-0.25, -0.2) is 0 Å². The van der Waals surface area contributed by atoms with Gasteiger partial charge in [-0.05, 0) is 57.0 Å². The van der Waals surface area contributed by atoms with Crippen molar-refractivity contribution in [3.8, 4) is 5.75 Å². The fourth-order valence-corrected chi connectivity index (χ4v) is 3.30. The summed E-state index contributed by atoms with van der Waals surface area (Å²) in [5, 5.41) is 5.87. The molecule has 0 spiro atoms. The maximum Gasteiger partial charge on any atom is 0.257 e. The van der Waals surface area contributed by atoms with Crippen LogP contribution >= 0.6 is 0 Å². The van der Waals surface area contributed by atoms with Crippen LogP contribution in [0.5, 0.6) is 5.75 Å². The van der Waals surface area contributed by atoms with Crippen molar-refractivity contribution in [1.82, 2.24) is 10.3 Å². The molecular weight excluding hydrogens is 354 g/mol. The molecular formula is C22H27N3O3. The molecule has 0 saturated heterocycles. The van der Waals surface area contributed by atoms with E-state index in [4.69, 9.17) is 4.74 Å². The van der Waals surface area contributed by atoms with Crippen LogP contribution < -0.4 is 15.4 Å². The second-order valence-corrected chi connectivity index (χ2v) is 7.42. The molecule has 2 N–H and O–H groups in total. The molecule has 0 bridgehead atoms. The van der Waals surface area contributed by atoms with E-state index in [1.807, 2.05) is 26.0 Å². The van der Waals surface area contributed by atoms with E-state index in [9.17, 15) is 9.59 Å². The topological polar surface area (TPSA) is 80.3 Å². The summed E-state index contributed by atoms with van der Waals surface area (Å²) in [5.41, 5.74) is 1.40. The van der Waals surface area contributed by atoms with Crippen LogP contribution in [-0.4, -0.2) is 28.9 Å². The monoisotopic (exact) mass is 381 g/mol. The second kappa shape index (κ2) is 9.35. The lowest BCUT2D eigenvalue weighted by Gasteiger charge is -2.22. The minimum atomic E-state index is -0.308. The Morgan fingerprint density at radius 3 is 2.29 bits per heavy atom. The summed E-state index contributed by atoms with van der Waals surface area (Å²) in [4.78, 5) is 29.1. The summed E-state index contributed by atoms with van der Waals surface area (Å²) < 4.78 is 5.60. The van der Waals surface area contributed by atoms with Crippen molar-refractivity contribution in [3.05, 3.63) is 53.9 Å². The van der Waals surface area contributed by atoms with Gasteiger partial charge in [-0.1, -0.05) is 19.3 Å². The van der Waals surface area contributed by atoms with Crippen LogP contribution in [0.1, 0.15) is 66.7 Å². The van der Waals surface area contributed by atoms with E-state index in [-0.39, 0.29) is 24.0 Å². The predicted molar refractivity (Wildman–Crippen MR) is 109 cm³/mol. The minimum absolute atomic E-state index is 0.0917. The first kappa shape index (κ1) is 19.9. The third-order valence-corrected chi connectivity index (χ3v) is 4.69. The van der Waals surface area contributed by atoms with Crippen molar-refractivity contribution in [2.75, 3.05) is 5.32 Å². The summed E-state index contributed by atoms with van der Waals surface area (Å²) in [5.74, 6) is 0.262. The van der Waals surface area contributed by atoms with Gasteiger partial charge < -0.3 is 15.4 Å². The number of hydrogen-bond donors (Lipinski definition) is 2. The quantitative estimate of drug-likeness (QED) is 0.786.